The van der Waals surface area contributed by atoms with Crippen LogP contribution in [0.2, 0.25) is 0 Å². The van der Waals surface area contributed by atoms with Crippen LogP contribution in [-0.4, -0.2) is 129 Å². The number of rotatable bonds is 17. The molecule has 11 atom stereocenters. The van der Waals surface area contributed by atoms with Gasteiger partial charge in [0.05, 0.1) is 25.9 Å². The van der Waals surface area contributed by atoms with E-state index in [0.717, 1.165) is 25.7 Å². The van der Waals surface area contributed by atoms with Crippen LogP contribution in [0.1, 0.15) is 66.2 Å². The second-order valence-corrected chi connectivity index (χ2v) is 12.2. The number of allylic oxidation sites excluding steroid dienone is 5. The number of hydrogen-bond acceptors (Lipinski definition) is 13. The lowest BCUT2D eigenvalue weighted by Crippen LogP contribution is -2.65. The van der Waals surface area contributed by atoms with Crippen molar-refractivity contribution in [2.24, 2.45) is 0 Å². The van der Waals surface area contributed by atoms with Crippen LogP contribution in [0.15, 0.2) is 47.6 Å². The normalized spacial score (nSPS) is 34.2. The zero-order valence-corrected chi connectivity index (χ0v) is 27.5. The van der Waals surface area contributed by atoms with Crippen molar-refractivity contribution in [1.29, 1.82) is 0 Å². The maximum Gasteiger partial charge on any atom is 0.333 e. The first kappa shape index (κ1) is 40.2. The molecule has 0 amide bonds. The van der Waals surface area contributed by atoms with Crippen molar-refractivity contribution in [3.8, 4) is 0 Å². The first-order valence-electron chi connectivity index (χ1n) is 15.7. The summed E-state index contributed by atoms with van der Waals surface area (Å²) in [7, 11) is 1.36. The van der Waals surface area contributed by atoms with E-state index in [0.29, 0.717) is 18.4 Å². The van der Waals surface area contributed by atoms with Crippen molar-refractivity contribution < 1.29 is 64.2 Å². The summed E-state index contributed by atoms with van der Waals surface area (Å²) in [5, 5.41) is 71.4. The largest absolute Gasteiger partial charge is 0.466 e. The predicted molar refractivity (Wildman–Crippen MR) is 167 cm³/mol. The number of aliphatic hydroxyl groups excluding tert-OH is 7. The highest BCUT2D eigenvalue weighted by molar-refractivity contribution is 5.87. The lowest BCUT2D eigenvalue weighted by Gasteiger charge is -2.47. The van der Waals surface area contributed by atoms with Crippen LogP contribution >= 0.6 is 0 Å². The Morgan fingerprint density at radius 1 is 0.783 bits per heavy atom. The molecule has 13 heteroatoms. The highest BCUT2D eigenvalue weighted by Crippen LogP contribution is 2.33. The van der Waals surface area contributed by atoms with E-state index in [1.54, 1.807) is 19.9 Å². The third kappa shape index (κ3) is 11.3. The molecule has 0 aromatic rings. The smallest absolute Gasteiger partial charge is 0.333 e. The van der Waals surface area contributed by atoms with Gasteiger partial charge < -0.3 is 59.4 Å². The van der Waals surface area contributed by atoms with Crippen molar-refractivity contribution in [2.45, 2.75) is 133 Å². The average Bonchev–Trinajstić information content (AvgIpc) is 3.03. The number of methoxy groups -OCH3 is 1. The summed E-state index contributed by atoms with van der Waals surface area (Å²) in [5.74, 6) is -0.321. The lowest BCUT2D eigenvalue weighted by molar-refractivity contribution is -0.375. The molecule has 2 fully saturated rings. The Balaban J connectivity index is 2.03. The van der Waals surface area contributed by atoms with Gasteiger partial charge in [-0.1, -0.05) is 35.5 Å². The van der Waals surface area contributed by atoms with Crippen LogP contribution in [0.25, 0.3) is 0 Å². The molecule has 0 aromatic heterocycles. The summed E-state index contributed by atoms with van der Waals surface area (Å²) < 4.78 is 27.9. The fourth-order valence-corrected chi connectivity index (χ4v) is 5.22. The van der Waals surface area contributed by atoms with E-state index in [1.165, 1.54) is 18.3 Å². The Kier molecular flexibility index (Phi) is 16.7. The second kappa shape index (κ2) is 19.1. The van der Waals surface area contributed by atoms with Crippen LogP contribution in [-0.2, 0) is 28.5 Å². The third-order valence-electron chi connectivity index (χ3n) is 8.44. The Hall–Kier alpha value is -2.01. The maximum absolute atomic E-state index is 11.5. The van der Waals surface area contributed by atoms with Gasteiger partial charge in [-0.2, -0.15) is 0 Å². The summed E-state index contributed by atoms with van der Waals surface area (Å²) in [6.07, 6.45) is -3.20. The number of carbonyl (C=O) groups is 1. The minimum absolute atomic E-state index is 0.321. The van der Waals surface area contributed by atoms with Crippen molar-refractivity contribution in [1.82, 2.24) is 0 Å². The summed E-state index contributed by atoms with van der Waals surface area (Å²) >= 11 is 0. The third-order valence-corrected chi connectivity index (χ3v) is 8.44. The quantitative estimate of drug-likeness (QED) is 0.0661. The van der Waals surface area contributed by atoms with Gasteiger partial charge >= 0.3 is 5.97 Å². The zero-order chi connectivity index (χ0) is 34.6. The topological polar surface area (TPSA) is 205 Å². The Morgan fingerprint density at radius 3 is 1.85 bits per heavy atom. The molecule has 2 heterocycles. The molecule has 2 aliphatic heterocycles. The van der Waals surface area contributed by atoms with E-state index in [9.17, 15) is 40.5 Å². The molecular formula is C33H54O13. The van der Waals surface area contributed by atoms with E-state index in [2.05, 4.69) is 25.7 Å². The first-order chi connectivity index (χ1) is 21.7. The molecule has 46 heavy (non-hydrogen) atoms. The minimum Gasteiger partial charge on any atom is -0.466 e. The minimum atomic E-state index is -1.76. The summed E-state index contributed by atoms with van der Waals surface area (Å²) in [5.41, 5.74) is 1.98. The molecule has 264 valence electrons. The van der Waals surface area contributed by atoms with Crippen molar-refractivity contribution in [3.05, 3.63) is 47.6 Å². The average molecular weight is 659 g/mol. The van der Waals surface area contributed by atoms with Gasteiger partial charge in [0.15, 0.2) is 12.6 Å². The van der Waals surface area contributed by atoms with Gasteiger partial charge in [-0.15, -0.1) is 6.58 Å². The van der Waals surface area contributed by atoms with Crippen LogP contribution in [0.4, 0.5) is 0 Å². The van der Waals surface area contributed by atoms with Gasteiger partial charge in [-0.3, -0.25) is 0 Å². The monoisotopic (exact) mass is 658 g/mol. The highest BCUT2D eigenvalue weighted by Gasteiger charge is 2.51. The number of esters is 1. The van der Waals surface area contributed by atoms with Gasteiger partial charge in [0.2, 0.25) is 0 Å². The van der Waals surface area contributed by atoms with Crippen LogP contribution < -0.4 is 0 Å². The summed E-state index contributed by atoms with van der Waals surface area (Å²) in [4.78, 5) is 11.5. The molecule has 0 spiro atoms. The second-order valence-electron chi connectivity index (χ2n) is 12.2. The van der Waals surface area contributed by atoms with Crippen LogP contribution in [0, 0.1) is 0 Å². The van der Waals surface area contributed by atoms with E-state index in [4.69, 9.17) is 23.7 Å². The van der Waals surface area contributed by atoms with Gasteiger partial charge in [0.1, 0.15) is 48.8 Å². The fourth-order valence-electron chi connectivity index (χ4n) is 5.22. The number of hydrogen-bond donors (Lipinski definition) is 7. The molecule has 13 nitrogen and oxygen atoms in total. The first-order valence-corrected chi connectivity index (χ1v) is 15.7. The van der Waals surface area contributed by atoms with Crippen molar-refractivity contribution in [2.75, 3.05) is 20.3 Å². The lowest BCUT2D eigenvalue weighted by atomic mass is 9.95. The van der Waals surface area contributed by atoms with Gasteiger partial charge in [-0.05, 0) is 66.2 Å². The predicted octanol–water partition coefficient (Wildman–Crippen LogP) is 0.924. The van der Waals surface area contributed by atoms with E-state index >= 15 is 0 Å². The molecule has 0 unspecified atom stereocenters. The molecule has 2 rings (SSSR count). The summed E-state index contributed by atoms with van der Waals surface area (Å²) in [6, 6.07) is 0. The molecule has 0 saturated carbocycles. The molecule has 7 N–H and O–H groups in total. The molecule has 0 aliphatic carbocycles. The van der Waals surface area contributed by atoms with Crippen molar-refractivity contribution >= 4 is 5.97 Å². The molecule has 0 radical (unpaired) electrons. The van der Waals surface area contributed by atoms with Gasteiger partial charge in [-0.25, -0.2) is 4.79 Å². The van der Waals surface area contributed by atoms with Gasteiger partial charge in [0, 0.05) is 5.57 Å². The van der Waals surface area contributed by atoms with E-state index in [1.807, 2.05) is 13.0 Å². The maximum atomic E-state index is 11.5. The molecule has 0 bridgehead atoms. The van der Waals surface area contributed by atoms with Crippen LogP contribution in [0.3, 0.4) is 0 Å². The molecular weight excluding hydrogens is 604 g/mol. The van der Waals surface area contributed by atoms with Gasteiger partial charge in [0.25, 0.3) is 0 Å². The number of carbonyl (C=O) groups excluding carboxylic acids is 1. The Morgan fingerprint density at radius 2 is 1.30 bits per heavy atom. The standard InChI is InChI=1S/C33H54O13/c1-7-33(5,16-10-14-20(3)12-8-11-19(2)13-9-15-21(4)30(41)42-6)46-32-29(27(39)25(37)23(18-35)44-32)45-31-28(40)26(38)24(36)22(17-34)43-31/h7,11,14-15,22-29,31-32,34-40H,1,8-10,12-13,16-18H2,2-6H3/b19-11+,20-14+,21-15+/t22-,23-,24-,25-,26+,27+,28-,29-,31+,32+,33-/m1/s1. The Bertz CT molecular complexity index is 1060. The summed E-state index contributed by atoms with van der Waals surface area (Å²) in [6.45, 7) is 10.2. The number of aliphatic hydroxyl groups is 7. The highest BCUT2D eigenvalue weighted by atomic mass is 16.8. The molecule has 0 aromatic carbocycles. The fraction of sp³-hybridized carbons (Fsp3) is 0.727. The number of ether oxygens (including phenoxy) is 5. The SMILES string of the molecule is C=C[C@](C)(CC/C=C(\C)CC/C=C(\C)CC/C=C(\C)C(=O)OC)O[C@@H]1O[C@H](CO)[C@@H](O)[C@H](O)[C@H]1O[C@@H]1O[C@H](CO)[C@@H](O)[C@H](O)[C@H]1O. The van der Waals surface area contributed by atoms with E-state index in [-0.39, 0.29) is 5.97 Å². The Labute approximate surface area is 271 Å². The zero-order valence-electron chi connectivity index (χ0n) is 27.5. The van der Waals surface area contributed by atoms with Crippen molar-refractivity contribution in [3.63, 3.8) is 0 Å². The molecule has 2 aliphatic rings. The van der Waals surface area contributed by atoms with E-state index < -0.39 is 80.2 Å². The molecule has 2 saturated heterocycles. The van der Waals surface area contributed by atoms with Crippen LogP contribution in [0.5, 0.6) is 0 Å².